The van der Waals surface area contributed by atoms with Gasteiger partial charge in [-0.2, -0.15) is 0 Å². The van der Waals surface area contributed by atoms with Gasteiger partial charge in [0.15, 0.2) is 11.5 Å². The van der Waals surface area contributed by atoms with E-state index in [9.17, 15) is 4.79 Å². The zero-order valence-corrected chi connectivity index (χ0v) is 12.2. The van der Waals surface area contributed by atoms with Crippen molar-refractivity contribution in [1.29, 1.82) is 0 Å². The standard InChI is InChI=1S/C16H20N2O3/c1-2-11-5-7-12(8-6-11)17-16(19)13-10-15(21-18-13)14-4-3-9-20-14/h3-4,9-12H,2,5-8H2,1H3,(H,17,19). The fraction of sp³-hybridized carbons (Fsp3) is 0.500. The van der Waals surface area contributed by atoms with Crippen LogP contribution in [0.5, 0.6) is 0 Å². The van der Waals surface area contributed by atoms with Crippen molar-refractivity contribution >= 4 is 5.91 Å². The summed E-state index contributed by atoms with van der Waals surface area (Å²) in [5.41, 5.74) is 0.305. The monoisotopic (exact) mass is 288 g/mol. The molecular weight excluding hydrogens is 268 g/mol. The number of nitrogens with zero attached hydrogens (tertiary/aromatic N) is 1. The third-order valence-corrected chi connectivity index (χ3v) is 4.27. The lowest BCUT2D eigenvalue weighted by atomic mass is 9.84. The Balaban J connectivity index is 1.59. The van der Waals surface area contributed by atoms with E-state index in [0.29, 0.717) is 17.2 Å². The maximum atomic E-state index is 12.2. The highest BCUT2D eigenvalue weighted by Crippen LogP contribution is 2.27. The van der Waals surface area contributed by atoms with Crippen molar-refractivity contribution in [2.75, 3.05) is 0 Å². The van der Waals surface area contributed by atoms with Crippen LogP contribution in [0.25, 0.3) is 11.5 Å². The van der Waals surface area contributed by atoms with E-state index in [1.807, 2.05) is 0 Å². The van der Waals surface area contributed by atoms with Crippen LogP contribution in [-0.4, -0.2) is 17.1 Å². The molecule has 0 radical (unpaired) electrons. The molecule has 2 heterocycles. The van der Waals surface area contributed by atoms with E-state index in [4.69, 9.17) is 8.94 Å². The fourth-order valence-corrected chi connectivity index (χ4v) is 2.89. The van der Waals surface area contributed by atoms with E-state index in [0.717, 1.165) is 18.8 Å². The van der Waals surface area contributed by atoms with Crippen LogP contribution < -0.4 is 5.32 Å². The predicted molar refractivity (Wildman–Crippen MR) is 77.7 cm³/mol. The van der Waals surface area contributed by atoms with Gasteiger partial charge in [0, 0.05) is 12.1 Å². The molecule has 1 N–H and O–H groups in total. The minimum Gasteiger partial charge on any atom is -0.461 e. The van der Waals surface area contributed by atoms with E-state index in [1.54, 1.807) is 24.5 Å². The molecule has 0 aromatic carbocycles. The third kappa shape index (κ3) is 3.17. The smallest absolute Gasteiger partial charge is 0.273 e. The van der Waals surface area contributed by atoms with Crippen LogP contribution in [0.4, 0.5) is 0 Å². The Morgan fingerprint density at radius 2 is 2.14 bits per heavy atom. The van der Waals surface area contributed by atoms with Crippen molar-refractivity contribution in [1.82, 2.24) is 10.5 Å². The van der Waals surface area contributed by atoms with Gasteiger partial charge in [0.2, 0.25) is 5.76 Å². The molecule has 0 atom stereocenters. The Morgan fingerprint density at radius 1 is 1.33 bits per heavy atom. The molecule has 112 valence electrons. The summed E-state index contributed by atoms with van der Waals surface area (Å²) in [6.45, 7) is 2.23. The number of furan rings is 1. The highest BCUT2D eigenvalue weighted by Gasteiger charge is 2.23. The number of carbonyl (C=O) groups is 1. The number of nitrogens with one attached hydrogen (secondary N) is 1. The fourth-order valence-electron chi connectivity index (χ4n) is 2.89. The summed E-state index contributed by atoms with van der Waals surface area (Å²) in [7, 11) is 0. The van der Waals surface area contributed by atoms with Crippen molar-refractivity contribution in [3.63, 3.8) is 0 Å². The second-order valence-corrected chi connectivity index (χ2v) is 5.65. The van der Waals surface area contributed by atoms with E-state index in [-0.39, 0.29) is 11.9 Å². The number of aromatic nitrogens is 1. The summed E-state index contributed by atoms with van der Waals surface area (Å²) in [4.78, 5) is 12.2. The number of rotatable bonds is 4. The van der Waals surface area contributed by atoms with E-state index in [2.05, 4.69) is 17.4 Å². The summed E-state index contributed by atoms with van der Waals surface area (Å²) in [6.07, 6.45) is 7.27. The number of hydrogen-bond donors (Lipinski definition) is 1. The van der Waals surface area contributed by atoms with Crippen molar-refractivity contribution in [3.8, 4) is 11.5 Å². The first-order valence-corrected chi connectivity index (χ1v) is 7.57. The van der Waals surface area contributed by atoms with E-state index >= 15 is 0 Å². The second kappa shape index (κ2) is 6.16. The Morgan fingerprint density at radius 3 is 2.81 bits per heavy atom. The molecule has 21 heavy (non-hydrogen) atoms. The lowest BCUT2D eigenvalue weighted by molar-refractivity contribution is 0.0912. The van der Waals surface area contributed by atoms with Gasteiger partial charge in [-0.15, -0.1) is 0 Å². The van der Waals surface area contributed by atoms with Crippen molar-refractivity contribution in [2.24, 2.45) is 5.92 Å². The minimum absolute atomic E-state index is 0.170. The van der Waals surface area contributed by atoms with Gasteiger partial charge in [0.1, 0.15) is 0 Å². The molecule has 1 amide bonds. The number of carbonyl (C=O) groups excluding carboxylic acids is 1. The van der Waals surface area contributed by atoms with Crippen LogP contribution in [0.3, 0.4) is 0 Å². The first-order valence-electron chi connectivity index (χ1n) is 7.57. The van der Waals surface area contributed by atoms with Gasteiger partial charge in [-0.1, -0.05) is 18.5 Å². The average Bonchev–Trinajstić information content (AvgIpc) is 3.19. The molecule has 1 fully saturated rings. The van der Waals surface area contributed by atoms with Gasteiger partial charge >= 0.3 is 0 Å². The Labute approximate surface area is 123 Å². The molecule has 0 saturated heterocycles. The van der Waals surface area contributed by atoms with E-state index in [1.165, 1.54) is 19.3 Å². The first-order chi connectivity index (χ1) is 10.3. The molecule has 0 spiro atoms. The minimum atomic E-state index is -0.170. The van der Waals surface area contributed by atoms with Crippen LogP contribution in [0.15, 0.2) is 33.4 Å². The third-order valence-electron chi connectivity index (χ3n) is 4.27. The summed E-state index contributed by atoms with van der Waals surface area (Å²) in [5.74, 6) is 1.69. The average molecular weight is 288 g/mol. The molecule has 0 bridgehead atoms. The van der Waals surface area contributed by atoms with Crippen molar-refractivity contribution in [2.45, 2.75) is 45.1 Å². The molecule has 2 aromatic rings. The van der Waals surface area contributed by atoms with Gasteiger partial charge in [-0.3, -0.25) is 4.79 Å². The topological polar surface area (TPSA) is 68.3 Å². The molecule has 0 unspecified atom stereocenters. The van der Waals surface area contributed by atoms with Crippen LogP contribution in [0.1, 0.15) is 49.5 Å². The molecule has 5 heteroatoms. The Kier molecular flexibility index (Phi) is 4.08. The number of amides is 1. The first kappa shape index (κ1) is 13.9. The normalized spacial score (nSPS) is 22.1. The molecular formula is C16H20N2O3. The van der Waals surface area contributed by atoms with Crippen LogP contribution in [-0.2, 0) is 0 Å². The zero-order chi connectivity index (χ0) is 14.7. The highest BCUT2D eigenvalue weighted by molar-refractivity contribution is 5.93. The summed E-state index contributed by atoms with van der Waals surface area (Å²) in [5, 5.41) is 6.87. The molecule has 5 nitrogen and oxygen atoms in total. The Bertz CT molecular complexity index is 580. The van der Waals surface area contributed by atoms with Crippen LogP contribution >= 0.6 is 0 Å². The van der Waals surface area contributed by atoms with Crippen molar-refractivity contribution < 1.29 is 13.7 Å². The Hall–Kier alpha value is -2.04. The molecule has 1 aliphatic carbocycles. The molecule has 3 rings (SSSR count). The molecule has 0 aliphatic heterocycles. The predicted octanol–water partition coefficient (Wildman–Crippen LogP) is 3.63. The largest absolute Gasteiger partial charge is 0.461 e. The highest BCUT2D eigenvalue weighted by atomic mass is 16.5. The maximum absolute atomic E-state index is 12.2. The zero-order valence-electron chi connectivity index (χ0n) is 12.2. The number of hydrogen-bond acceptors (Lipinski definition) is 4. The molecule has 1 aliphatic rings. The van der Waals surface area contributed by atoms with Gasteiger partial charge in [0.25, 0.3) is 5.91 Å². The van der Waals surface area contributed by atoms with E-state index < -0.39 is 0 Å². The van der Waals surface area contributed by atoms with Gasteiger partial charge in [-0.05, 0) is 43.7 Å². The summed E-state index contributed by atoms with van der Waals surface area (Å²) >= 11 is 0. The van der Waals surface area contributed by atoms with Crippen LogP contribution in [0.2, 0.25) is 0 Å². The molecule has 2 aromatic heterocycles. The summed E-state index contributed by atoms with van der Waals surface area (Å²) in [6, 6.07) is 5.41. The van der Waals surface area contributed by atoms with Gasteiger partial charge in [0.05, 0.1) is 6.26 Å². The van der Waals surface area contributed by atoms with Gasteiger partial charge in [-0.25, -0.2) is 0 Å². The van der Waals surface area contributed by atoms with Crippen LogP contribution in [0, 0.1) is 5.92 Å². The van der Waals surface area contributed by atoms with Crippen molar-refractivity contribution in [3.05, 3.63) is 30.2 Å². The summed E-state index contributed by atoms with van der Waals surface area (Å²) < 4.78 is 10.4. The quantitative estimate of drug-likeness (QED) is 0.932. The second-order valence-electron chi connectivity index (χ2n) is 5.65. The van der Waals surface area contributed by atoms with Gasteiger partial charge < -0.3 is 14.3 Å². The maximum Gasteiger partial charge on any atom is 0.273 e. The SMILES string of the molecule is CCC1CCC(NC(=O)c2cc(-c3ccco3)on2)CC1. The lowest BCUT2D eigenvalue weighted by Gasteiger charge is -2.28. The lowest BCUT2D eigenvalue weighted by Crippen LogP contribution is -2.37. The molecule has 1 saturated carbocycles.